The second kappa shape index (κ2) is 6.74. The fourth-order valence-corrected chi connectivity index (χ4v) is 0.536. The van der Waals surface area contributed by atoms with E-state index < -0.39 is 7.82 Å². The summed E-state index contributed by atoms with van der Waals surface area (Å²) in [7, 11) is -1.45. The fraction of sp³-hybridized carbons (Fsp3) is 0.286. The van der Waals surface area contributed by atoms with Crippen LogP contribution in [0.3, 0.4) is 0 Å². The van der Waals surface area contributed by atoms with Crippen molar-refractivity contribution >= 4 is 7.82 Å². The Bertz CT molecular complexity index is 219. The Morgan fingerprint density at radius 3 is 1.69 bits per heavy atom. The van der Waals surface area contributed by atoms with Crippen molar-refractivity contribution in [2.24, 2.45) is 0 Å². The van der Waals surface area contributed by atoms with Crippen LogP contribution < -0.4 is 0 Å². The van der Waals surface area contributed by atoms with E-state index in [-0.39, 0.29) is 0 Å². The summed E-state index contributed by atoms with van der Waals surface area (Å²) in [6, 6.07) is 5.72. The zero-order valence-electron chi connectivity index (χ0n) is 7.45. The van der Waals surface area contributed by atoms with Gasteiger partial charge in [0.25, 0.3) is 0 Å². The van der Waals surface area contributed by atoms with Gasteiger partial charge in [-0.05, 0) is 12.1 Å². The van der Waals surface area contributed by atoms with E-state index in [9.17, 15) is 4.57 Å². The van der Waals surface area contributed by atoms with Crippen molar-refractivity contribution in [2.75, 3.05) is 14.2 Å². The van der Waals surface area contributed by atoms with Gasteiger partial charge in [-0.15, -0.1) is 0 Å². The van der Waals surface area contributed by atoms with E-state index in [0.717, 1.165) is 14.2 Å². The van der Waals surface area contributed by atoms with Crippen LogP contribution in [0, 0.1) is 0 Å². The molecular weight excluding hydrogens is 193 g/mol. The molecule has 0 bridgehead atoms. The summed E-state index contributed by atoms with van der Waals surface area (Å²) in [6.07, 6.45) is 3.50. The van der Waals surface area contributed by atoms with E-state index in [4.69, 9.17) is 4.89 Å². The highest BCUT2D eigenvalue weighted by Crippen LogP contribution is 2.40. The molecule has 0 spiro atoms. The summed E-state index contributed by atoms with van der Waals surface area (Å²) in [4.78, 5) is 12.0. The Kier molecular flexibility index (Phi) is 6.36. The summed E-state index contributed by atoms with van der Waals surface area (Å²) >= 11 is 0. The third kappa shape index (κ3) is 7.62. The predicted octanol–water partition coefficient (Wildman–Crippen LogP) is 1.46. The molecule has 1 aromatic rings. The van der Waals surface area contributed by atoms with Gasteiger partial charge >= 0.3 is 7.82 Å². The lowest BCUT2D eigenvalue weighted by Gasteiger charge is -2.01. The largest absolute Gasteiger partial charge is 0.471 e. The molecular formula is C7H12NO4P. The Labute approximate surface area is 77.0 Å². The molecule has 0 radical (unpaired) electrons. The van der Waals surface area contributed by atoms with E-state index in [1.807, 2.05) is 18.2 Å². The van der Waals surface area contributed by atoms with Crippen LogP contribution in [0.1, 0.15) is 0 Å². The fourth-order valence-electron chi connectivity index (χ4n) is 0.387. The van der Waals surface area contributed by atoms with Crippen molar-refractivity contribution in [3.63, 3.8) is 0 Å². The lowest BCUT2D eigenvalue weighted by Crippen LogP contribution is -1.83. The number of hydrogen-bond acceptors (Lipinski definition) is 4. The van der Waals surface area contributed by atoms with Gasteiger partial charge in [-0.25, -0.2) is 4.57 Å². The number of pyridine rings is 1. The monoisotopic (exact) mass is 205 g/mol. The molecule has 6 heteroatoms. The first-order valence-electron chi connectivity index (χ1n) is 3.41. The summed E-state index contributed by atoms with van der Waals surface area (Å²) in [5, 5.41) is 0. The molecule has 0 fully saturated rings. The second-order valence-electron chi connectivity index (χ2n) is 1.86. The third-order valence-electron chi connectivity index (χ3n) is 1.03. The first-order valence-corrected chi connectivity index (χ1v) is 4.91. The van der Waals surface area contributed by atoms with Crippen LogP contribution in [-0.4, -0.2) is 24.1 Å². The molecule has 1 rings (SSSR count). The zero-order valence-corrected chi connectivity index (χ0v) is 8.35. The Morgan fingerprint density at radius 1 is 1.15 bits per heavy atom. The summed E-state index contributed by atoms with van der Waals surface area (Å²) in [6.45, 7) is 0. The molecule has 0 unspecified atom stereocenters. The van der Waals surface area contributed by atoms with E-state index in [1.54, 1.807) is 12.4 Å². The molecule has 0 aliphatic heterocycles. The van der Waals surface area contributed by atoms with Crippen molar-refractivity contribution in [3.8, 4) is 0 Å². The molecule has 13 heavy (non-hydrogen) atoms. The molecule has 1 heterocycles. The van der Waals surface area contributed by atoms with E-state index in [0.29, 0.717) is 0 Å². The minimum atomic E-state index is -3.65. The van der Waals surface area contributed by atoms with Gasteiger partial charge in [-0.2, -0.15) is 0 Å². The summed E-state index contributed by atoms with van der Waals surface area (Å²) in [5.41, 5.74) is 0. The highest BCUT2D eigenvalue weighted by Gasteiger charge is 2.13. The molecule has 0 saturated carbocycles. The quantitative estimate of drug-likeness (QED) is 0.740. The van der Waals surface area contributed by atoms with Gasteiger partial charge in [0.05, 0.1) is 0 Å². The lowest BCUT2D eigenvalue weighted by atomic mass is 10.5. The molecule has 0 saturated heterocycles. The lowest BCUT2D eigenvalue weighted by molar-refractivity contribution is 0.204. The number of aromatic nitrogens is 1. The van der Waals surface area contributed by atoms with Crippen LogP contribution in [-0.2, 0) is 13.6 Å². The molecule has 0 aliphatic carbocycles. The number of rotatable bonds is 2. The van der Waals surface area contributed by atoms with Crippen molar-refractivity contribution in [2.45, 2.75) is 0 Å². The average Bonchev–Trinajstić information content (AvgIpc) is 2.21. The normalized spacial score (nSPS) is 10.1. The first kappa shape index (κ1) is 12.3. The van der Waals surface area contributed by atoms with Gasteiger partial charge in [0.15, 0.2) is 0 Å². The second-order valence-corrected chi connectivity index (χ2v) is 3.53. The predicted molar refractivity (Wildman–Crippen MR) is 48.1 cm³/mol. The van der Waals surface area contributed by atoms with Crippen LogP contribution in [0.15, 0.2) is 30.6 Å². The highest BCUT2D eigenvalue weighted by molar-refractivity contribution is 7.47. The molecule has 74 valence electrons. The minimum Gasteiger partial charge on any atom is -0.303 e. The third-order valence-corrected chi connectivity index (χ3v) is 1.95. The van der Waals surface area contributed by atoms with Gasteiger partial charge < -0.3 is 4.89 Å². The maximum Gasteiger partial charge on any atom is 0.471 e. The van der Waals surface area contributed by atoms with Crippen LogP contribution in [0.2, 0.25) is 0 Å². The average molecular weight is 205 g/mol. The van der Waals surface area contributed by atoms with Crippen molar-refractivity contribution in [1.29, 1.82) is 0 Å². The SMILES string of the molecule is COP(=O)(O)OC.c1ccncc1. The molecule has 5 nitrogen and oxygen atoms in total. The summed E-state index contributed by atoms with van der Waals surface area (Å²) < 4.78 is 18.0. The number of nitrogens with zero attached hydrogens (tertiary/aromatic N) is 1. The molecule has 0 amide bonds. The molecule has 0 aliphatic rings. The van der Waals surface area contributed by atoms with E-state index in [2.05, 4.69) is 14.0 Å². The van der Waals surface area contributed by atoms with Gasteiger partial charge in [-0.1, -0.05) is 6.07 Å². The van der Waals surface area contributed by atoms with E-state index >= 15 is 0 Å². The molecule has 1 aromatic heterocycles. The summed E-state index contributed by atoms with van der Waals surface area (Å²) in [5.74, 6) is 0. The molecule has 1 N–H and O–H groups in total. The van der Waals surface area contributed by atoms with Gasteiger partial charge in [-0.3, -0.25) is 14.0 Å². The zero-order chi connectivity index (χ0) is 10.2. The standard InChI is InChI=1S/C5H5N.C2H7O4P/c1-2-4-6-5-3-1;1-5-7(3,4)6-2/h1-5H;1-2H3,(H,3,4). The van der Waals surface area contributed by atoms with Gasteiger partial charge in [0.2, 0.25) is 0 Å². The van der Waals surface area contributed by atoms with E-state index in [1.165, 1.54) is 0 Å². The number of phosphoric acid groups is 1. The topological polar surface area (TPSA) is 68.7 Å². The van der Waals surface area contributed by atoms with Crippen LogP contribution in [0.5, 0.6) is 0 Å². The Hall–Kier alpha value is -0.740. The van der Waals surface area contributed by atoms with Crippen LogP contribution >= 0.6 is 7.82 Å². The number of phosphoric ester groups is 1. The smallest absolute Gasteiger partial charge is 0.303 e. The number of hydrogen-bond donors (Lipinski definition) is 1. The van der Waals surface area contributed by atoms with Crippen LogP contribution in [0.25, 0.3) is 0 Å². The minimum absolute atomic E-state index is 1.10. The van der Waals surface area contributed by atoms with Gasteiger partial charge in [0, 0.05) is 26.6 Å². The maximum absolute atomic E-state index is 10.1. The van der Waals surface area contributed by atoms with Crippen molar-refractivity contribution in [1.82, 2.24) is 4.98 Å². The van der Waals surface area contributed by atoms with Crippen molar-refractivity contribution < 1.29 is 18.5 Å². The first-order chi connectivity index (χ1) is 6.12. The van der Waals surface area contributed by atoms with Gasteiger partial charge in [0.1, 0.15) is 0 Å². The van der Waals surface area contributed by atoms with Crippen LogP contribution in [0.4, 0.5) is 0 Å². The Balaban J connectivity index is 0.000000223. The maximum atomic E-state index is 10.1. The van der Waals surface area contributed by atoms with Crippen molar-refractivity contribution in [3.05, 3.63) is 30.6 Å². The Morgan fingerprint density at radius 2 is 1.62 bits per heavy atom. The highest BCUT2D eigenvalue weighted by atomic mass is 31.2. The molecule has 0 aromatic carbocycles. The molecule has 0 atom stereocenters.